The molecule has 1 fully saturated rings. The van der Waals surface area contributed by atoms with Crippen LogP contribution in [-0.2, 0) is 14.4 Å². The van der Waals surface area contributed by atoms with E-state index in [1.54, 1.807) is 0 Å². The summed E-state index contributed by atoms with van der Waals surface area (Å²) in [6.07, 6.45) is 5.09. The highest BCUT2D eigenvalue weighted by Crippen LogP contribution is 2.26. The Hall–Kier alpha value is -1.65. The van der Waals surface area contributed by atoms with Crippen LogP contribution in [0, 0.1) is 5.92 Å². The van der Waals surface area contributed by atoms with Crippen LogP contribution in [0.5, 0.6) is 0 Å². The van der Waals surface area contributed by atoms with Crippen LogP contribution in [0.15, 0.2) is 12.2 Å². The fraction of sp³-hybridized carbons (Fsp3) is 0.615. The van der Waals surface area contributed by atoms with E-state index in [0.717, 1.165) is 19.3 Å². The second-order valence-corrected chi connectivity index (χ2v) is 5.15. The molecule has 0 aromatic rings. The largest absolute Gasteiger partial charge is 0.351 e. The van der Waals surface area contributed by atoms with Crippen molar-refractivity contribution in [2.24, 2.45) is 5.92 Å². The van der Waals surface area contributed by atoms with Gasteiger partial charge in [0.1, 0.15) is 0 Å². The van der Waals surface area contributed by atoms with Gasteiger partial charge in [-0.3, -0.25) is 19.3 Å². The minimum Gasteiger partial charge on any atom is -0.351 e. The summed E-state index contributed by atoms with van der Waals surface area (Å²) < 4.78 is 0. The second-order valence-electron chi connectivity index (χ2n) is 5.15. The first kappa shape index (κ1) is 12.8. The van der Waals surface area contributed by atoms with Gasteiger partial charge in [-0.2, -0.15) is 0 Å². The lowest BCUT2D eigenvalue weighted by Gasteiger charge is -2.28. The van der Waals surface area contributed by atoms with Gasteiger partial charge in [0.05, 0.1) is 6.04 Å². The summed E-state index contributed by atoms with van der Waals surface area (Å²) in [6, 6.07) is -0.296. The predicted octanol–water partition coefficient (Wildman–Crippen LogP) is 0.605. The summed E-state index contributed by atoms with van der Waals surface area (Å²) in [7, 11) is 0. The zero-order valence-electron chi connectivity index (χ0n) is 10.7. The van der Waals surface area contributed by atoms with Gasteiger partial charge in [0.25, 0.3) is 11.8 Å². The Bertz CT molecular complexity index is 396. The Morgan fingerprint density at radius 1 is 1.28 bits per heavy atom. The number of carbonyl (C=O) groups is 3. The van der Waals surface area contributed by atoms with Crippen molar-refractivity contribution in [1.82, 2.24) is 10.2 Å². The molecular formula is C13H18N2O3. The Kier molecular flexibility index (Phi) is 3.50. The van der Waals surface area contributed by atoms with E-state index in [2.05, 4.69) is 5.32 Å². The van der Waals surface area contributed by atoms with Crippen molar-refractivity contribution in [1.29, 1.82) is 0 Å². The number of imide groups is 1. The highest BCUT2D eigenvalue weighted by Gasteiger charge is 2.39. The molecule has 0 radical (unpaired) electrons. The topological polar surface area (TPSA) is 66.5 Å². The number of nitrogens with one attached hydrogen (secondary N) is 1. The average molecular weight is 250 g/mol. The van der Waals surface area contributed by atoms with Gasteiger partial charge in [-0.25, -0.2) is 0 Å². The molecule has 1 heterocycles. The highest BCUT2D eigenvalue weighted by atomic mass is 16.2. The Balaban J connectivity index is 2.06. The number of amides is 3. The van der Waals surface area contributed by atoms with Crippen LogP contribution in [0.25, 0.3) is 0 Å². The van der Waals surface area contributed by atoms with Crippen LogP contribution >= 0.6 is 0 Å². The molecule has 0 unspecified atom stereocenters. The summed E-state index contributed by atoms with van der Waals surface area (Å²) in [5.41, 5.74) is 0. The van der Waals surface area contributed by atoms with Gasteiger partial charge in [0, 0.05) is 24.1 Å². The quantitative estimate of drug-likeness (QED) is 0.746. The lowest BCUT2D eigenvalue weighted by Crippen LogP contribution is -2.51. The first-order valence-corrected chi connectivity index (χ1v) is 6.36. The molecule has 18 heavy (non-hydrogen) atoms. The summed E-state index contributed by atoms with van der Waals surface area (Å²) in [5.74, 6) is -0.653. The maximum Gasteiger partial charge on any atom is 0.253 e. The minimum absolute atomic E-state index is 0.0287. The van der Waals surface area contributed by atoms with E-state index in [4.69, 9.17) is 0 Å². The average Bonchev–Trinajstić information content (AvgIpc) is 2.86. The van der Waals surface area contributed by atoms with E-state index in [1.165, 1.54) is 17.1 Å². The van der Waals surface area contributed by atoms with Crippen LogP contribution < -0.4 is 5.32 Å². The molecule has 0 bridgehead atoms. The van der Waals surface area contributed by atoms with Gasteiger partial charge in [0.2, 0.25) is 5.91 Å². The Morgan fingerprint density at radius 2 is 1.89 bits per heavy atom. The Morgan fingerprint density at radius 3 is 2.44 bits per heavy atom. The van der Waals surface area contributed by atoms with Crippen LogP contribution in [0.2, 0.25) is 0 Å². The fourth-order valence-corrected chi connectivity index (χ4v) is 2.51. The molecule has 2 aliphatic rings. The number of carbonyl (C=O) groups excluding carboxylic acids is 3. The van der Waals surface area contributed by atoms with E-state index < -0.39 is 0 Å². The molecule has 5 nitrogen and oxygen atoms in total. The first-order valence-electron chi connectivity index (χ1n) is 6.36. The summed E-state index contributed by atoms with van der Waals surface area (Å²) in [6.45, 7) is 3.65. The van der Waals surface area contributed by atoms with Crippen molar-refractivity contribution >= 4 is 17.7 Å². The van der Waals surface area contributed by atoms with Gasteiger partial charge in [-0.05, 0) is 19.3 Å². The standard InChI is InChI=1S/C13H18N2O3/c1-8(2)13(18)14-9-4-3-5-10(9)15-11(16)6-7-12(15)17/h6-10H,3-5H2,1-2H3,(H,14,18)/t9-,10-/m0/s1. The zero-order valence-corrected chi connectivity index (χ0v) is 10.7. The molecule has 3 amide bonds. The van der Waals surface area contributed by atoms with Crippen molar-refractivity contribution in [3.8, 4) is 0 Å². The second kappa shape index (κ2) is 4.92. The van der Waals surface area contributed by atoms with Gasteiger partial charge >= 0.3 is 0 Å². The molecule has 0 saturated heterocycles. The molecule has 1 saturated carbocycles. The first-order chi connectivity index (χ1) is 8.50. The summed E-state index contributed by atoms with van der Waals surface area (Å²) in [5, 5.41) is 2.93. The molecule has 2 atom stereocenters. The molecule has 1 aliphatic heterocycles. The molecule has 1 N–H and O–H groups in total. The molecule has 2 rings (SSSR count). The highest BCUT2D eigenvalue weighted by molar-refractivity contribution is 6.13. The van der Waals surface area contributed by atoms with E-state index in [-0.39, 0.29) is 35.7 Å². The van der Waals surface area contributed by atoms with Crippen LogP contribution in [0.4, 0.5) is 0 Å². The number of hydrogen-bond donors (Lipinski definition) is 1. The number of hydrogen-bond acceptors (Lipinski definition) is 3. The maximum absolute atomic E-state index is 11.7. The van der Waals surface area contributed by atoms with Gasteiger partial charge in [-0.1, -0.05) is 13.8 Å². The fourth-order valence-electron chi connectivity index (χ4n) is 2.51. The maximum atomic E-state index is 11.7. The van der Waals surface area contributed by atoms with Crippen LogP contribution in [-0.4, -0.2) is 34.7 Å². The van der Waals surface area contributed by atoms with E-state index >= 15 is 0 Å². The van der Waals surface area contributed by atoms with Crippen LogP contribution in [0.1, 0.15) is 33.1 Å². The molecule has 0 aromatic carbocycles. The zero-order chi connectivity index (χ0) is 13.3. The van der Waals surface area contributed by atoms with E-state index in [9.17, 15) is 14.4 Å². The Labute approximate surface area is 106 Å². The number of nitrogens with zero attached hydrogens (tertiary/aromatic N) is 1. The molecule has 0 spiro atoms. The third-order valence-electron chi connectivity index (χ3n) is 3.51. The van der Waals surface area contributed by atoms with Gasteiger partial charge < -0.3 is 5.32 Å². The van der Waals surface area contributed by atoms with Crippen molar-refractivity contribution in [2.75, 3.05) is 0 Å². The van der Waals surface area contributed by atoms with Gasteiger partial charge in [0.15, 0.2) is 0 Å². The summed E-state index contributed by atoms with van der Waals surface area (Å²) in [4.78, 5) is 36.3. The van der Waals surface area contributed by atoms with Crippen molar-refractivity contribution in [3.63, 3.8) is 0 Å². The van der Waals surface area contributed by atoms with Crippen LogP contribution in [0.3, 0.4) is 0 Å². The molecule has 1 aliphatic carbocycles. The molecule has 0 aromatic heterocycles. The van der Waals surface area contributed by atoms with Gasteiger partial charge in [-0.15, -0.1) is 0 Å². The normalized spacial score (nSPS) is 27.4. The lowest BCUT2D eigenvalue weighted by atomic mass is 10.1. The van der Waals surface area contributed by atoms with Crippen molar-refractivity contribution in [2.45, 2.75) is 45.2 Å². The molecule has 5 heteroatoms. The third kappa shape index (κ3) is 2.30. The number of rotatable bonds is 3. The smallest absolute Gasteiger partial charge is 0.253 e. The third-order valence-corrected chi connectivity index (χ3v) is 3.51. The predicted molar refractivity (Wildman–Crippen MR) is 65.4 cm³/mol. The SMILES string of the molecule is CC(C)C(=O)N[C@H]1CCC[C@@H]1N1C(=O)C=CC1=O. The van der Waals surface area contributed by atoms with Crippen molar-refractivity contribution < 1.29 is 14.4 Å². The molecule has 98 valence electrons. The molecular weight excluding hydrogens is 232 g/mol. The summed E-state index contributed by atoms with van der Waals surface area (Å²) >= 11 is 0. The van der Waals surface area contributed by atoms with Crippen molar-refractivity contribution in [3.05, 3.63) is 12.2 Å². The van der Waals surface area contributed by atoms with E-state index in [1.807, 2.05) is 13.8 Å². The minimum atomic E-state index is -0.268. The van der Waals surface area contributed by atoms with E-state index in [0.29, 0.717) is 0 Å². The lowest BCUT2D eigenvalue weighted by molar-refractivity contribution is -0.140. The monoisotopic (exact) mass is 250 g/mol.